The van der Waals surface area contributed by atoms with Gasteiger partial charge in [-0.1, -0.05) is 39.0 Å². The summed E-state index contributed by atoms with van der Waals surface area (Å²) in [7, 11) is 0. The summed E-state index contributed by atoms with van der Waals surface area (Å²) in [6.45, 7) is 10.3. The molecule has 3 aliphatic rings. The molecule has 30 heavy (non-hydrogen) atoms. The Balaban J connectivity index is 1.76. The Morgan fingerprint density at radius 2 is 2.00 bits per heavy atom. The molecule has 0 aromatic rings. The predicted octanol–water partition coefficient (Wildman–Crippen LogP) is 4.59. The molecule has 1 aliphatic heterocycles. The third-order valence-electron chi connectivity index (χ3n) is 7.35. The largest absolute Gasteiger partial charge is 0.462 e. The van der Waals surface area contributed by atoms with E-state index < -0.39 is 11.5 Å². The maximum atomic E-state index is 12.9. The number of ether oxygens (including phenoxy) is 2. The van der Waals surface area contributed by atoms with Crippen molar-refractivity contribution in [2.45, 2.75) is 91.5 Å². The van der Waals surface area contributed by atoms with Gasteiger partial charge in [0.2, 0.25) is 0 Å². The van der Waals surface area contributed by atoms with E-state index in [-0.39, 0.29) is 36.5 Å². The normalized spacial score (nSPS) is 36.5. The first kappa shape index (κ1) is 23.1. The van der Waals surface area contributed by atoms with Crippen molar-refractivity contribution < 1.29 is 24.2 Å². The number of hydrogen-bond donors (Lipinski definition) is 1. The van der Waals surface area contributed by atoms with Crippen LogP contribution < -0.4 is 0 Å². The van der Waals surface area contributed by atoms with Gasteiger partial charge in [0.25, 0.3) is 0 Å². The Labute approximate surface area is 180 Å². The molecule has 5 heteroatoms. The van der Waals surface area contributed by atoms with Crippen LogP contribution in [0.15, 0.2) is 23.8 Å². The number of hydrogen-bond acceptors (Lipinski definition) is 5. The molecule has 2 aliphatic carbocycles. The Bertz CT molecular complexity index is 706. The highest BCUT2D eigenvalue weighted by molar-refractivity contribution is 5.76. The fraction of sp³-hybridized carbons (Fsp3) is 0.760. The van der Waals surface area contributed by atoms with Gasteiger partial charge in [0, 0.05) is 12.3 Å². The molecule has 1 saturated heterocycles. The lowest BCUT2D eigenvalue weighted by molar-refractivity contribution is -0.166. The van der Waals surface area contributed by atoms with Gasteiger partial charge < -0.3 is 14.6 Å². The second-order valence-corrected chi connectivity index (χ2v) is 10.3. The molecular weight excluding hydrogens is 380 g/mol. The topological polar surface area (TPSA) is 72.8 Å². The molecule has 168 valence electrons. The average molecular weight is 419 g/mol. The first-order chi connectivity index (χ1) is 14.1. The van der Waals surface area contributed by atoms with Crippen molar-refractivity contribution in [3.8, 4) is 0 Å². The monoisotopic (exact) mass is 418 g/mol. The predicted molar refractivity (Wildman–Crippen MR) is 115 cm³/mol. The van der Waals surface area contributed by atoms with E-state index in [0.29, 0.717) is 24.2 Å². The van der Waals surface area contributed by atoms with Crippen molar-refractivity contribution in [3.05, 3.63) is 23.8 Å². The Hall–Kier alpha value is -1.62. The summed E-state index contributed by atoms with van der Waals surface area (Å²) in [5.74, 6) is 0.776. The number of carbonyl (C=O) groups excluding carboxylic acids is 2. The van der Waals surface area contributed by atoms with E-state index in [1.165, 1.54) is 5.57 Å². The van der Waals surface area contributed by atoms with Crippen LogP contribution in [-0.4, -0.2) is 35.4 Å². The van der Waals surface area contributed by atoms with E-state index in [2.05, 4.69) is 32.1 Å². The molecule has 1 unspecified atom stereocenters. The van der Waals surface area contributed by atoms with Crippen molar-refractivity contribution in [3.63, 3.8) is 0 Å². The van der Waals surface area contributed by atoms with E-state index in [1.807, 2.05) is 20.8 Å². The number of aliphatic hydroxyl groups excluding tert-OH is 1. The van der Waals surface area contributed by atoms with E-state index in [0.717, 1.165) is 25.7 Å². The van der Waals surface area contributed by atoms with Crippen molar-refractivity contribution in [1.29, 1.82) is 0 Å². The van der Waals surface area contributed by atoms with Gasteiger partial charge in [0.15, 0.2) is 0 Å². The summed E-state index contributed by atoms with van der Waals surface area (Å²) >= 11 is 0. The molecule has 1 fully saturated rings. The highest BCUT2D eigenvalue weighted by atomic mass is 16.6. The van der Waals surface area contributed by atoms with E-state index in [4.69, 9.17) is 9.47 Å². The van der Waals surface area contributed by atoms with Crippen LogP contribution in [0.25, 0.3) is 0 Å². The number of cyclic esters (lactones) is 1. The van der Waals surface area contributed by atoms with Gasteiger partial charge in [-0.15, -0.1) is 0 Å². The zero-order valence-corrected chi connectivity index (χ0v) is 19.1. The van der Waals surface area contributed by atoms with Gasteiger partial charge in [0.1, 0.15) is 12.2 Å². The van der Waals surface area contributed by atoms with Gasteiger partial charge in [-0.3, -0.25) is 9.59 Å². The maximum Gasteiger partial charge on any atom is 0.311 e. The molecule has 7 atom stereocenters. The minimum atomic E-state index is -0.601. The summed E-state index contributed by atoms with van der Waals surface area (Å²) in [5.41, 5.74) is 0.785. The molecule has 0 aromatic heterocycles. The van der Waals surface area contributed by atoms with Crippen LogP contribution in [0.4, 0.5) is 0 Å². The van der Waals surface area contributed by atoms with Crippen molar-refractivity contribution >= 4 is 11.9 Å². The molecule has 0 saturated carbocycles. The van der Waals surface area contributed by atoms with Gasteiger partial charge in [-0.25, -0.2) is 0 Å². The van der Waals surface area contributed by atoms with Gasteiger partial charge >= 0.3 is 11.9 Å². The number of rotatable bonds is 6. The quantitative estimate of drug-likeness (QED) is 0.639. The SMILES string of the molecule is CCC(C)(C)C(=O)O[C@H]1C[C@@H](C)C=C2C=C[C@H](C)[C@H](CCC3C[C@H](O)CC(=O)O3)[C@H]21. The summed E-state index contributed by atoms with van der Waals surface area (Å²) in [5, 5.41) is 9.92. The maximum absolute atomic E-state index is 12.9. The molecular formula is C25H38O5. The number of esters is 2. The number of allylic oxidation sites excluding steroid dienone is 3. The first-order valence-corrected chi connectivity index (χ1v) is 11.6. The molecule has 0 amide bonds. The van der Waals surface area contributed by atoms with Crippen LogP contribution >= 0.6 is 0 Å². The number of aliphatic hydroxyl groups is 1. The van der Waals surface area contributed by atoms with Crippen molar-refractivity contribution in [2.75, 3.05) is 0 Å². The standard InChI is InChI=1S/C25H38O5/c1-6-25(4,5)24(28)30-21-12-15(2)11-17-8-7-16(3)20(23(17)21)10-9-19-13-18(26)14-22(27)29-19/h7-8,11,15-16,18-21,23,26H,6,9-10,12-14H2,1-5H3/t15-,16-,18-,19?,20-,21-,23-/m0/s1. The summed E-state index contributed by atoms with van der Waals surface area (Å²) in [6, 6.07) is 0. The zero-order chi connectivity index (χ0) is 22.1. The van der Waals surface area contributed by atoms with E-state index in [9.17, 15) is 14.7 Å². The fourth-order valence-corrected chi connectivity index (χ4v) is 5.08. The lowest BCUT2D eigenvalue weighted by atomic mass is 9.65. The molecule has 0 spiro atoms. The summed E-state index contributed by atoms with van der Waals surface area (Å²) in [4.78, 5) is 24.6. The molecule has 3 rings (SSSR count). The van der Waals surface area contributed by atoms with Gasteiger partial charge in [-0.2, -0.15) is 0 Å². The minimum Gasteiger partial charge on any atom is -0.462 e. The lowest BCUT2D eigenvalue weighted by Crippen LogP contribution is -2.43. The Morgan fingerprint density at radius 1 is 1.27 bits per heavy atom. The van der Waals surface area contributed by atoms with E-state index in [1.54, 1.807) is 0 Å². The minimum absolute atomic E-state index is 0.0949. The fourth-order valence-electron chi connectivity index (χ4n) is 5.08. The second kappa shape index (κ2) is 9.25. The summed E-state index contributed by atoms with van der Waals surface area (Å²) in [6.07, 6.45) is 9.61. The second-order valence-electron chi connectivity index (χ2n) is 10.3. The van der Waals surface area contributed by atoms with Crippen molar-refractivity contribution in [1.82, 2.24) is 0 Å². The van der Waals surface area contributed by atoms with Crippen LogP contribution in [0.5, 0.6) is 0 Å². The Morgan fingerprint density at radius 3 is 2.67 bits per heavy atom. The zero-order valence-electron chi connectivity index (χ0n) is 19.1. The van der Waals surface area contributed by atoms with Crippen LogP contribution in [0, 0.1) is 29.1 Å². The molecule has 1 N–H and O–H groups in total. The van der Waals surface area contributed by atoms with Crippen LogP contribution in [0.2, 0.25) is 0 Å². The van der Waals surface area contributed by atoms with Gasteiger partial charge in [0.05, 0.1) is 17.9 Å². The lowest BCUT2D eigenvalue weighted by Gasteiger charge is -2.44. The van der Waals surface area contributed by atoms with Crippen LogP contribution in [-0.2, 0) is 19.1 Å². The highest BCUT2D eigenvalue weighted by Gasteiger charge is 2.43. The molecule has 1 heterocycles. The molecule has 0 bridgehead atoms. The highest BCUT2D eigenvalue weighted by Crippen LogP contribution is 2.45. The van der Waals surface area contributed by atoms with E-state index >= 15 is 0 Å². The molecule has 5 nitrogen and oxygen atoms in total. The van der Waals surface area contributed by atoms with Crippen LogP contribution in [0.3, 0.4) is 0 Å². The molecule has 0 aromatic carbocycles. The third kappa shape index (κ3) is 5.16. The van der Waals surface area contributed by atoms with Gasteiger partial charge in [-0.05, 0) is 62.9 Å². The smallest absolute Gasteiger partial charge is 0.311 e. The Kier molecular flexibility index (Phi) is 7.11. The molecule has 0 radical (unpaired) electrons. The number of fused-ring (bicyclic) bond motifs is 1. The number of carbonyl (C=O) groups is 2. The van der Waals surface area contributed by atoms with Crippen LogP contribution in [0.1, 0.15) is 73.1 Å². The van der Waals surface area contributed by atoms with Crippen molar-refractivity contribution in [2.24, 2.45) is 29.1 Å². The first-order valence-electron chi connectivity index (χ1n) is 11.6. The summed E-state index contributed by atoms with van der Waals surface area (Å²) < 4.78 is 11.6. The third-order valence-corrected chi connectivity index (χ3v) is 7.35. The average Bonchev–Trinajstić information content (AvgIpc) is 2.66.